The van der Waals surface area contributed by atoms with E-state index in [2.05, 4.69) is 10.5 Å². The molecule has 0 aromatic heterocycles. The molecule has 100 valence electrons. The van der Waals surface area contributed by atoms with Gasteiger partial charge in [0.2, 0.25) is 0 Å². The Bertz CT molecular complexity index is 350. The summed E-state index contributed by atoms with van der Waals surface area (Å²) in [6, 6.07) is -0.170. The van der Waals surface area contributed by atoms with Crippen molar-refractivity contribution in [2.75, 3.05) is 0 Å². The Morgan fingerprint density at radius 2 is 1.61 bits per heavy atom. The summed E-state index contributed by atoms with van der Waals surface area (Å²) in [4.78, 5) is 23.6. The van der Waals surface area contributed by atoms with Crippen LogP contribution < -0.4 is 5.43 Å². The minimum absolute atomic E-state index is 0.154. The second-order valence-electron chi connectivity index (χ2n) is 5.29. The Hall–Kier alpha value is -1.19. The molecule has 0 saturated heterocycles. The summed E-state index contributed by atoms with van der Waals surface area (Å²) >= 11 is 0. The fraction of sp³-hybridized carbons (Fsp3) is 0.786. The maximum Gasteiger partial charge on any atom is 0.178 e. The Morgan fingerprint density at radius 1 is 0.889 bits per heavy atom. The molecule has 2 aliphatic carbocycles. The van der Waals surface area contributed by atoms with Crippen molar-refractivity contribution in [2.24, 2.45) is 5.10 Å². The van der Waals surface area contributed by atoms with Gasteiger partial charge < -0.3 is 0 Å². The second kappa shape index (κ2) is 6.66. The van der Waals surface area contributed by atoms with E-state index in [9.17, 15) is 9.59 Å². The van der Waals surface area contributed by atoms with Crippen LogP contribution in [0.25, 0.3) is 0 Å². The number of nitrogens with one attached hydrogen (secondary N) is 1. The molecule has 2 fully saturated rings. The molecule has 0 bridgehead atoms. The molecule has 18 heavy (non-hydrogen) atoms. The van der Waals surface area contributed by atoms with E-state index < -0.39 is 0 Å². The standard InChI is InChI=1S/C14H22N2O2/c17-13-9-5-1-3-7-11(13)15-16-12-8-4-2-6-10-14(12)18/h11,15H,1-10H2. The van der Waals surface area contributed by atoms with Gasteiger partial charge in [-0.15, -0.1) is 0 Å². The second-order valence-corrected chi connectivity index (χ2v) is 5.29. The molecule has 0 heterocycles. The summed E-state index contributed by atoms with van der Waals surface area (Å²) in [5.74, 6) is 0.402. The van der Waals surface area contributed by atoms with E-state index in [1.165, 1.54) is 0 Å². The van der Waals surface area contributed by atoms with Gasteiger partial charge in [-0.05, 0) is 32.1 Å². The first-order chi connectivity index (χ1) is 8.77. The summed E-state index contributed by atoms with van der Waals surface area (Å²) in [5.41, 5.74) is 3.60. The number of hydrogen-bond acceptors (Lipinski definition) is 4. The molecule has 2 rings (SSSR count). The summed E-state index contributed by atoms with van der Waals surface area (Å²) in [6.07, 6.45) is 9.17. The average Bonchev–Trinajstić information content (AvgIpc) is 2.68. The van der Waals surface area contributed by atoms with E-state index in [-0.39, 0.29) is 17.6 Å². The van der Waals surface area contributed by atoms with Crippen LogP contribution in [0.4, 0.5) is 0 Å². The highest BCUT2D eigenvalue weighted by molar-refractivity contribution is 6.39. The van der Waals surface area contributed by atoms with Crippen LogP contribution in [-0.2, 0) is 9.59 Å². The fourth-order valence-electron chi connectivity index (χ4n) is 2.61. The number of carbonyl (C=O) groups excluding carboxylic acids is 2. The van der Waals surface area contributed by atoms with E-state index in [1.807, 2.05) is 0 Å². The quantitative estimate of drug-likeness (QED) is 0.604. The van der Waals surface area contributed by atoms with Crippen LogP contribution in [0, 0.1) is 0 Å². The van der Waals surface area contributed by atoms with E-state index in [0.29, 0.717) is 18.6 Å². The molecule has 2 saturated carbocycles. The molecule has 0 amide bonds. The van der Waals surface area contributed by atoms with Crippen LogP contribution in [0.15, 0.2) is 5.10 Å². The number of carbonyl (C=O) groups is 2. The van der Waals surface area contributed by atoms with Gasteiger partial charge in [0.05, 0.1) is 0 Å². The number of Topliss-reactive ketones (excluding diaryl/α,β-unsaturated/α-hetero) is 2. The lowest BCUT2D eigenvalue weighted by Crippen LogP contribution is -2.33. The number of hydrogen-bond donors (Lipinski definition) is 1. The van der Waals surface area contributed by atoms with Crippen LogP contribution in [0.5, 0.6) is 0 Å². The Labute approximate surface area is 108 Å². The van der Waals surface area contributed by atoms with Gasteiger partial charge >= 0.3 is 0 Å². The van der Waals surface area contributed by atoms with Crippen molar-refractivity contribution < 1.29 is 9.59 Å². The molecule has 0 aromatic rings. The molecule has 1 N–H and O–H groups in total. The number of nitrogens with zero attached hydrogens (tertiary/aromatic N) is 1. The van der Waals surface area contributed by atoms with Gasteiger partial charge in [-0.3, -0.25) is 15.0 Å². The summed E-state index contributed by atoms with van der Waals surface area (Å²) in [5, 5.41) is 4.24. The molecule has 0 aliphatic heterocycles. The third-order valence-corrected chi connectivity index (χ3v) is 3.80. The van der Waals surface area contributed by atoms with Crippen molar-refractivity contribution >= 4 is 17.3 Å². The third-order valence-electron chi connectivity index (χ3n) is 3.80. The van der Waals surface area contributed by atoms with Crippen LogP contribution in [-0.4, -0.2) is 23.3 Å². The highest BCUT2D eigenvalue weighted by Gasteiger charge is 2.21. The molecule has 0 aromatic carbocycles. The minimum atomic E-state index is -0.170. The number of hydrazone groups is 1. The predicted octanol–water partition coefficient (Wildman–Crippen LogP) is 2.37. The topological polar surface area (TPSA) is 58.5 Å². The highest BCUT2D eigenvalue weighted by Crippen LogP contribution is 2.16. The van der Waals surface area contributed by atoms with E-state index in [1.54, 1.807) is 0 Å². The minimum Gasteiger partial charge on any atom is -0.299 e. The average molecular weight is 250 g/mol. The van der Waals surface area contributed by atoms with Crippen molar-refractivity contribution in [3.05, 3.63) is 0 Å². The van der Waals surface area contributed by atoms with Crippen molar-refractivity contribution in [3.63, 3.8) is 0 Å². The summed E-state index contributed by atoms with van der Waals surface area (Å²) < 4.78 is 0. The zero-order chi connectivity index (χ0) is 12.8. The normalized spacial score (nSPS) is 28.9. The number of rotatable bonds is 2. The molecule has 1 atom stereocenters. The van der Waals surface area contributed by atoms with Crippen molar-refractivity contribution in [2.45, 2.75) is 70.3 Å². The Morgan fingerprint density at radius 3 is 2.50 bits per heavy atom. The predicted molar refractivity (Wildman–Crippen MR) is 70.5 cm³/mol. The van der Waals surface area contributed by atoms with Gasteiger partial charge in [0.15, 0.2) is 11.6 Å². The molecule has 0 spiro atoms. The van der Waals surface area contributed by atoms with Gasteiger partial charge in [0.25, 0.3) is 0 Å². The lowest BCUT2D eigenvalue weighted by atomic mass is 10.1. The van der Waals surface area contributed by atoms with E-state index in [4.69, 9.17) is 0 Å². The number of ketones is 2. The summed E-state index contributed by atoms with van der Waals surface area (Å²) in [7, 11) is 0. The first-order valence-corrected chi connectivity index (χ1v) is 7.15. The van der Waals surface area contributed by atoms with Gasteiger partial charge in [0.1, 0.15) is 11.8 Å². The van der Waals surface area contributed by atoms with Crippen LogP contribution in [0.1, 0.15) is 64.2 Å². The van der Waals surface area contributed by atoms with E-state index in [0.717, 1.165) is 51.4 Å². The highest BCUT2D eigenvalue weighted by atomic mass is 16.1. The zero-order valence-corrected chi connectivity index (χ0v) is 10.9. The van der Waals surface area contributed by atoms with Crippen LogP contribution in [0.2, 0.25) is 0 Å². The lowest BCUT2D eigenvalue weighted by Gasteiger charge is -2.13. The van der Waals surface area contributed by atoms with Gasteiger partial charge in [-0.1, -0.05) is 19.3 Å². The van der Waals surface area contributed by atoms with Crippen molar-refractivity contribution in [3.8, 4) is 0 Å². The third kappa shape index (κ3) is 3.65. The summed E-state index contributed by atoms with van der Waals surface area (Å²) in [6.45, 7) is 0. The molecule has 1 unspecified atom stereocenters. The molecular formula is C14H22N2O2. The monoisotopic (exact) mass is 250 g/mol. The Balaban J connectivity index is 1.94. The largest absolute Gasteiger partial charge is 0.299 e. The fourth-order valence-corrected chi connectivity index (χ4v) is 2.61. The SMILES string of the molecule is O=C1CCCCCC1=NNC1CCCCCC1=O. The first-order valence-electron chi connectivity index (χ1n) is 7.15. The first kappa shape index (κ1) is 13.2. The Kier molecular flexibility index (Phi) is 4.90. The van der Waals surface area contributed by atoms with Crippen molar-refractivity contribution in [1.29, 1.82) is 0 Å². The zero-order valence-electron chi connectivity index (χ0n) is 10.9. The van der Waals surface area contributed by atoms with Crippen LogP contribution >= 0.6 is 0 Å². The maximum atomic E-state index is 11.8. The molecule has 4 nitrogen and oxygen atoms in total. The van der Waals surface area contributed by atoms with E-state index >= 15 is 0 Å². The van der Waals surface area contributed by atoms with Crippen molar-refractivity contribution in [1.82, 2.24) is 5.43 Å². The van der Waals surface area contributed by atoms with Gasteiger partial charge in [-0.2, -0.15) is 5.10 Å². The molecular weight excluding hydrogens is 228 g/mol. The smallest absolute Gasteiger partial charge is 0.178 e. The molecule has 2 aliphatic rings. The maximum absolute atomic E-state index is 11.8. The molecule has 0 radical (unpaired) electrons. The van der Waals surface area contributed by atoms with Gasteiger partial charge in [0, 0.05) is 12.8 Å². The molecule has 4 heteroatoms. The van der Waals surface area contributed by atoms with Gasteiger partial charge in [-0.25, -0.2) is 0 Å². The lowest BCUT2D eigenvalue weighted by molar-refractivity contribution is -0.121. The van der Waals surface area contributed by atoms with Crippen LogP contribution in [0.3, 0.4) is 0 Å².